The molecule has 9 heteroatoms. The Morgan fingerprint density at radius 3 is 2.14 bits per heavy atom. The molecule has 3 amide bonds. The van der Waals surface area contributed by atoms with Gasteiger partial charge in [0.05, 0.1) is 0 Å². The Labute approximate surface area is 94.0 Å². The van der Waals surface area contributed by atoms with Gasteiger partial charge in [0, 0.05) is 0 Å². The van der Waals surface area contributed by atoms with Gasteiger partial charge in [0.2, 0.25) is 3.79 Å². The fraction of sp³-hybridized carbons (Fsp3) is 0.600. The smallest absolute Gasteiger partial charge is 0.313 e. The molecule has 0 bridgehead atoms. The fourth-order valence-electron chi connectivity index (χ4n) is 0.542. The molecule has 0 aliphatic carbocycles. The third-order valence-corrected chi connectivity index (χ3v) is 1.70. The Kier molecular flexibility index (Phi) is 5.25. The van der Waals surface area contributed by atoms with E-state index in [9.17, 15) is 14.0 Å². The number of halogens is 4. The lowest BCUT2D eigenvalue weighted by Gasteiger charge is -2.24. The Bertz CT molecular complexity index is 233. The minimum absolute atomic E-state index is 1.01. The van der Waals surface area contributed by atoms with Gasteiger partial charge in [0.15, 0.2) is 12.8 Å². The predicted octanol–water partition coefficient (Wildman–Crippen LogP) is 0.437. The number of nitrogens with two attached hydrogens (primary N) is 1. The number of nitrogens with one attached hydrogen (secondary N) is 2. The van der Waals surface area contributed by atoms with E-state index < -0.39 is 28.6 Å². The second-order valence-corrected chi connectivity index (χ2v) is 4.55. The molecule has 0 aromatic carbocycles. The van der Waals surface area contributed by atoms with Gasteiger partial charge in [-0.25, -0.2) is 9.18 Å². The van der Waals surface area contributed by atoms with E-state index in [4.69, 9.17) is 40.5 Å². The van der Waals surface area contributed by atoms with E-state index in [1.807, 2.05) is 10.6 Å². The number of amides is 3. The Balaban J connectivity index is 4.41. The van der Waals surface area contributed by atoms with Gasteiger partial charge >= 0.3 is 6.03 Å². The average Bonchev–Trinajstić information content (AvgIpc) is 2.00. The van der Waals surface area contributed by atoms with E-state index in [0.717, 1.165) is 0 Å². The average molecular weight is 266 g/mol. The molecular formula is C5H7Cl3FN3O2. The third kappa shape index (κ3) is 5.31. The first kappa shape index (κ1) is 13.5. The summed E-state index contributed by atoms with van der Waals surface area (Å²) in [6, 6.07) is -1.01. The van der Waals surface area contributed by atoms with Crippen molar-refractivity contribution in [2.45, 2.75) is 9.96 Å². The van der Waals surface area contributed by atoms with E-state index in [1.165, 1.54) is 0 Å². The van der Waals surface area contributed by atoms with Crippen LogP contribution in [0, 0.1) is 0 Å². The summed E-state index contributed by atoms with van der Waals surface area (Å²) in [6.45, 7) is -1.29. The van der Waals surface area contributed by atoms with Crippen LogP contribution in [0.1, 0.15) is 0 Å². The number of rotatable bonds is 3. The van der Waals surface area contributed by atoms with Crippen molar-refractivity contribution in [2.24, 2.45) is 5.73 Å². The van der Waals surface area contributed by atoms with E-state index in [-0.39, 0.29) is 0 Å². The van der Waals surface area contributed by atoms with Crippen LogP contribution in [0.5, 0.6) is 0 Å². The van der Waals surface area contributed by atoms with Gasteiger partial charge < -0.3 is 16.4 Å². The van der Waals surface area contributed by atoms with Gasteiger partial charge in [-0.05, 0) is 0 Å². The van der Waals surface area contributed by atoms with Crippen molar-refractivity contribution in [1.82, 2.24) is 10.6 Å². The van der Waals surface area contributed by atoms with E-state index in [2.05, 4.69) is 0 Å². The first-order valence-electron chi connectivity index (χ1n) is 3.25. The van der Waals surface area contributed by atoms with Crippen molar-refractivity contribution in [1.29, 1.82) is 0 Å². The predicted molar refractivity (Wildman–Crippen MR) is 50.9 cm³/mol. The highest BCUT2D eigenvalue weighted by Crippen LogP contribution is 2.28. The quantitative estimate of drug-likeness (QED) is 0.511. The standard InChI is InChI=1S/C5H7Cl3FN3O2/c6-5(7,8)3(12-4(10)14)11-2(13)1-9/h3H,1H2,(H,11,13)(H3,10,12,14). The van der Waals surface area contributed by atoms with E-state index in [0.29, 0.717) is 0 Å². The van der Waals surface area contributed by atoms with Gasteiger partial charge in [-0.15, -0.1) is 0 Å². The normalized spacial score (nSPS) is 13.1. The highest BCUT2D eigenvalue weighted by atomic mass is 35.6. The van der Waals surface area contributed by atoms with Gasteiger partial charge in [0.25, 0.3) is 5.91 Å². The van der Waals surface area contributed by atoms with Crippen molar-refractivity contribution in [3.8, 4) is 0 Å². The summed E-state index contributed by atoms with van der Waals surface area (Å²) in [6.07, 6.45) is -1.38. The molecule has 1 atom stereocenters. The number of carbonyl (C=O) groups excluding carboxylic acids is 2. The van der Waals surface area contributed by atoms with E-state index >= 15 is 0 Å². The molecule has 0 radical (unpaired) electrons. The monoisotopic (exact) mass is 265 g/mol. The Hall–Kier alpha value is -0.460. The molecule has 5 nitrogen and oxygen atoms in total. The van der Waals surface area contributed by atoms with Crippen molar-refractivity contribution in [3.05, 3.63) is 0 Å². The van der Waals surface area contributed by atoms with Crippen LogP contribution in [0.15, 0.2) is 0 Å². The number of hydrogen-bond acceptors (Lipinski definition) is 2. The summed E-state index contributed by atoms with van der Waals surface area (Å²) in [4.78, 5) is 21.0. The number of hydrogen-bond donors (Lipinski definition) is 3. The summed E-state index contributed by atoms with van der Waals surface area (Å²) in [7, 11) is 0. The Morgan fingerprint density at radius 1 is 1.36 bits per heavy atom. The van der Waals surface area contributed by atoms with Crippen LogP contribution in [0.3, 0.4) is 0 Å². The molecule has 0 aromatic heterocycles. The zero-order valence-corrected chi connectivity index (χ0v) is 8.96. The van der Waals surface area contributed by atoms with Crippen molar-refractivity contribution < 1.29 is 14.0 Å². The molecule has 0 saturated carbocycles. The zero-order chi connectivity index (χ0) is 11.4. The van der Waals surface area contributed by atoms with Gasteiger partial charge in [0.1, 0.15) is 0 Å². The molecule has 82 valence electrons. The zero-order valence-electron chi connectivity index (χ0n) is 6.69. The maximum atomic E-state index is 11.8. The third-order valence-electron chi connectivity index (χ3n) is 1.04. The van der Waals surface area contributed by atoms with Gasteiger partial charge in [-0.2, -0.15) is 0 Å². The van der Waals surface area contributed by atoms with Crippen LogP contribution in [0.4, 0.5) is 9.18 Å². The summed E-state index contributed by atoms with van der Waals surface area (Å²) < 4.78 is 9.77. The molecule has 14 heavy (non-hydrogen) atoms. The number of urea groups is 1. The molecular weight excluding hydrogens is 259 g/mol. The number of alkyl halides is 4. The van der Waals surface area contributed by atoms with Gasteiger partial charge in [-0.1, -0.05) is 34.8 Å². The lowest BCUT2D eigenvalue weighted by Crippen LogP contribution is -2.56. The van der Waals surface area contributed by atoms with Crippen LogP contribution in [-0.2, 0) is 4.79 Å². The van der Waals surface area contributed by atoms with Crippen molar-refractivity contribution >= 4 is 46.7 Å². The first-order chi connectivity index (χ1) is 6.27. The van der Waals surface area contributed by atoms with Crippen LogP contribution in [-0.4, -0.2) is 28.6 Å². The molecule has 0 fully saturated rings. The first-order valence-corrected chi connectivity index (χ1v) is 4.38. The molecule has 0 saturated heterocycles. The summed E-state index contributed by atoms with van der Waals surface area (Å²) in [5, 5.41) is 3.85. The molecule has 0 aromatic rings. The van der Waals surface area contributed by atoms with Crippen LogP contribution in [0.25, 0.3) is 0 Å². The fourth-order valence-corrected chi connectivity index (χ4v) is 0.869. The number of carbonyl (C=O) groups is 2. The largest absolute Gasteiger partial charge is 0.352 e. The summed E-state index contributed by atoms with van der Waals surface area (Å²) >= 11 is 16.1. The highest BCUT2D eigenvalue weighted by Gasteiger charge is 2.34. The second kappa shape index (κ2) is 5.43. The second-order valence-electron chi connectivity index (χ2n) is 2.18. The minimum atomic E-state index is -2.01. The van der Waals surface area contributed by atoms with Crippen molar-refractivity contribution in [2.75, 3.05) is 6.67 Å². The van der Waals surface area contributed by atoms with Crippen LogP contribution >= 0.6 is 34.8 Å². The minimum Gasteiger partial charge on any atom is -0.352 e. The molecule has 0 aliphatic heterocycles. The number of primary amides is 1. The maximum Gasteiger partial charge on any atom is 0.313 e. The molecule has 0 spiro atoms. The topological polar surface area (TPSA) is 84.2 Å². The molecule has 1 unspecified atom stereocenters. The lowest BCUT2D eigenvalue weighted by atomic mass is 10.5. The van der Waals surface area contributed by atoms with Crippen LogP contribution < -0.4 is 16.4 Å². The molecule has 0 aliphatic rings. The lowest BCUT2D eigenvalue weighted by molar-refractivity contribution is -0.122. The molecule has 0 rings (SSSR count). The maximum absolute atomic E-state index is 11.8. The van der Waals surface area contributed by atoms with Gasteiger partial charge in [-0.3, -0.25) is 4.79 Å². The van der Waals surface area contributed by atoms with Crippen molar-refractivity contribution in [3.63, 3.8) is 0 Å². The van der Waals surface area contributed by atoms with Crippen LogP contribution in [0.2, 0.25) is 0 Å². The summed E-state index contributed by atoms with van der Waals surface area (Å²) in [5.74, 6) is -1.03. The van der Waals surface area contributed by atoms with E-state index in [1.54, 1.807) is 0 Å². The summed E-state index contributed by atoms with van der Waals surface area (Å²) in [5.41, 5.74) is 4.74. The Morgan fingerprint density at radius 2 is 1.86 bits per heavy atom. The highest BCUT2D eigenvalue weighted by molar-refractivity contribution is 6.68. The SMILES string of the molecule is NC(=O)NC(NC(=O)CF)C(Cl)(Cl)Cl. The molecule has 4 N–H and O–H groups in total. The molecule has 0 heterocycles.